The van der Waals surface area contributed by atoms with E-state index in [0.717, 1.165) is 0 Å². The third-order valence-electron chi connectivity index (χ3n) is 1.10. The summed E-state index contributed by atoms with van der Waals surface area (Å²) >= 11 is 0. The van der Waals surface area contributed by atoms with Gasteiger partial charge >= 0.3 is 11.9 Å². The van der Waals surface area contributed by atoms with Crippen LogP contribution < -0.4 is 0 Å². The number of aliphatic carboxylic acids is 2. The summed E-state index contributed by atoms with van der Waals surface area (Å²) < 4.78 is 0. The number of aliphatic hydroxyl groups is 1. The summed E-state index contributed by atoms with van der Waals surface area (Å²) in [5.41, 5.74) is -0.488. The zero-order valence-corrected chi connectivity index (χ0v) is 5.87. The monoisotopic (exact) mass is 160 g/mol. The van der Waals surface area contributed by atoms with Crippen LogP contribution in [0.3, 0.4) is 0 Å². The van der Waals surface area contributed by atoms with E-state index in [9.17, 15) is 9.59 Å². The molecule has 0 radical (unpaired) electrons. The van der Waals surface area contributed by atoms with Gasteiger partial charge in [-0.25, -0.2) is 9.59 Å². The molecular formula is C6H8O5. The lowest BCUT2D eigenvalue weighted by Gasteiger charge is -1.98. The maximum absolute atomic E-state index is 10.2. The molecule has 5 heteroatoms. The van der Waals surface area contributed by atoms with E-state index in [0.29, 0.717) is 0 Å². The third kappa shape index (κ3) is 2.29. The highest BCUT2D eigenvalue weighted by atomic mass is 16.4. The lowest BCUT2D eigenvalue weighted by atomic mass is 10.2. The van der Waals surface area contributed by atoms with Gasteiger partial charge in [0.05, 0.1) is 5.57 Å². The lowest BCUT2D eigenvalue weighted by molar-refractivity contribution is -0.138. The highest BCUT2D eigenvalue weighted by Crippen LogP contribution is 2.06. The molecule has 0 aliphatic carbocycles. The van der Waals surface area contributed by atoms with Crippen molar-refractivity contribution in [3.8, 4) is 0 Å². The second-order valence-electron chi connectivity index (χ2n) is 1.79. The molecular weight excluding hydrogens is 152 g/mol. The molecule has 3 N–H and O–H groups in total. The average Bonchev–Trinajstić information content (AvgIpc) is 1.88. The van der Waals surface area contributed by atoms with Crippen molar-refractivity contribution in [2.45, 2.75) is 13.3 Å². The quantitative estimate of drug-likeness (QED) is 0.409. The zero-order valence-electron chi connectivity index (χ0n) is 5.87. The Kier molecular flexibility index (Phi) is 3.10. The summed E-state index contributed by atoms with van der Waals surface area (Å²) in [6.45, 7) is 1.45. The summed E-state index contributed by atoms with van der Waals surface area (Å²) in [4.78, 5) is 20.2. The van der Waals surface area contributed by atoms with Gasteiger partial charge in [-0.1, -0.05) is 6.92 Å². The van der Waals surface area contributed by atoms with Crippen LogP contribution in [0.1, 0.15) is 13.3 Å². The van der Waals surface area contributed by atoms with E-state index >= 15 is 0 Å². The summed E-state index contributed by atoms with van der Waals surface area (Å²) in [6, 6.07) is 0. The van der Waals surface area contributed by atoms with Crippen LogP contribution in [0.2, 0.25) is 0 Å². The van der Waals surface area contributed by atoms with Gasteiger partial charge in [-0.3, -0.25) is 0 Å². The Bertz CT molecular complexity index is 215. The summed E-state index contributed by atoms with van der Waals surface area (Å²) in [5.74, 6) is -4.13. The number of carboxylic acid groups (broad SMARTS) is 2. The third-order valence-corrected chi connectivity index (χ3v) is 1.10. The van der Waals surface area contributed by atoms with E-state index in [2.05, 4.69) is 0 Å². The van der Waals surface area contributed by atoms with Gasteiger partial charge in [-0.2, -0.15) is 0 Å². The molecule has 0 aromatic heterocycles. The van der Waals surface area contributed by atoms with Crippen LogP contribution in [0.15, 0.2) is 11.3 Å². The lowest BCUT2D eigenvalue weighted by Crippen LogP contribution is -2.10. The minimum atomic E-state index is -1.62. The minimum absolute atomic E-state index is 0.0204. The second kappa shape index (κ2) is 3.60. The Balaban J connectivity index is 4.83. The Morgan fingerprint density at radius 3 is 1.64 bits per heavy atom. The van der Waals surface area contributed by atoms with Crippen molar-refractivity contribution in [1.82, 2.24) is 0 Å². The molecule has 0 aliphatic heterocycles. The number of rotatable bonds is 3. The highest BCUT2D eigenvalue weighted by Gasteiger charge is 2.16. The molecule has 0 unspecified atom stereocenters. The first-order valence-corrected chi connectivity index (χ1v) is 2.89. The van der Waals surface area contributed by atoms with Crippen LogP contribution in [-0.4, -0.2) is 27.3 Å². The van der Waals surface area contributed by atoms with E-state index in [-0.39, 0.29) is 6.42 Å². The predicted octanol–water partition coefficient (Wildman–Crippen LogP) is 0.378. The van der Waals surface area contributed by atoms with Crippen molar-refractivity contribution in [3.05, 3.63) is 11.3 Å². The standard InChI is InChI=1S/C6H8O5/c1-2-3(5(8)9)4(7)6(10)11/h7H,2H2,1H3,(H,8,9)(H,10,11)/b4-3+. The van der Waals surface area contributed by atoms with Gasteiger partial charge in [0.2, 0.25) is 5.76 Å². The van der Waals surface area contributed by atoms with E-state index in [1.165, 1.54) is 6.92 Å². The summed E-state index contributed by atoms with van der Waals surface area (Å²) in [5, 5.41) is 25.1. The van der Waals surface area contributed by atoms with Crippen LogP contribution >= 0.6 is 0 Å². The molecule has 5 nitrogen and oxygen atoms in total. The first-order chi connectivity index (χ1) is 5.00. The van der Waals surface area contributed by atoms with Crippen LogP contribution in [-0.2, 0) is 9.59 Å². The molecule has 0 aromatic rings. The molecule has 0 fully saturated rings. The van der Waals surface area contributed by atoms with Gasteiger partial charge in [-0.05, 0) is 6.42 Å². The molecule has 0 amide bonds. The number of hydrogen-bond acceptors (Lipinski definition) is 3. The fraction of sp³-hybridized carbons (Fsp3) is 0.333. The molecule has 0 heterocycles. The molecule has 62 valence electrons. The first-order valence-electron chi connectivity index (χ1n) is 2.89. The van der Waals surface area contributed by atoms with E-state index in [4.69, 9.17) is 15.3 Å². The first kappa shape index (κ1) is 9.48. The normalized spacial score (nSPS) is 12.1. The van der Waals surface area contributed by atoms with Crippen LogP contribution in [0.4, 0.5) is 0 Å². The maximum Gasteiger partial charge on any atom is 0.371 e. The SMILES string of the molecule is CC/C(C(=O)O)=C(\O)C(=O)O. The molecule has 0 saturated heterocycles. The number of carbonyl (C=O) groups is 2. The fourth-order valence-electron chi connectivity index (χ4n) is 0.549. The Morgan fingerprint density at radius 1 is 1.09 bits per heavy atom. The smallest absolute Gasteiger partial charge is 0.371 e. The average molecular weight is 160 g/mol. The Labute approximate surface area is 62.6 Å². The Morgan fingerprint density at radius 2 is 1.55 bits per heavy atom. The molecule has 0 aromatic carbocycles. The highest BCUT2D eigenvalue weighted by molar-refractivity contribution is 5.96. The second-order valence-corrected chi connectivity index (χ2v) is 1.79. The molecule has 11 heavy (non-hydrogen) atoms. The van der Waals surface area contributed by atoms with Crippen LogP contribution in [0.5, 0.6) is 0 Å². The van der Waals surface area contributed by atoms with Crippen molar-refractivity contribution in [3.63, 3.8) is 0 Å². The predicted molar refractivity (Wildman–Crippen MR) is 35.2 cm³/mol. The summed E-state index contributed by atoms with van der Waals surface area (Å²) in [7, 11) is 0. The largest absolute Gasteiger partial charge is 0.501 e. The molecule has 0 aliphatic rings. The minimum Gasteiger partial charge on any atom is -0.501 e. The van der Waals surface area contributed by atoms with E-state index in [1.54, 1.807) is 0 Å². The van der Waals surface area contributed by atoms with Gasteiger partial charge in [0.1, 0.15) is 0 Å². The molecule has 0 spiro atoms. The van der Waals surface area contributed by atoms with E-state index in [1.807, 2.05) is 0 Å². The topological polar surface area (TPSA) is 94.8 Å². The van der Waals surface area contributed by atoms with Gasteiger partial charge in [0.15, 0.2) is 0 Å². The van der Waals surface area contributed by atoms with Crippen molar-refractivity contribution >= 4 is 11.9 Å². The van der Waals surface area contributed by atoms with Crippen molar-refractivity contribution in [2.75, 3.05) is 0 Å². The van der Waals surface area contributed by atoms with Gasteiger partial charge in [0, 0.05) is 0 Å². The van der Waals surface area contributed by atoms with Crippen molar-refractivity contribution in [2.24, 2.45) is 0 Å². The molecule has 0 bridgehead atoms. The molecule has 0 rings (SSSR count). The zero-order chi connectivity index (χ0) is 9.02. The van der Waals surface area contributed by atoms with Gasteiger partial charge in [-0.15, -0.1) is 0 Å². The Hall–Kier alpha value is -1.52. The van der Waals surface area contributed by atoms with Crippen molar-refractivity contribution in [1.29, 1.82) is 0 Å². The number of hydrogen-bond donors (Lipinski definition) is 3. The van der Waals surface area contributed by atoms with Gasteiger partial charge < -0.3 is 15.3 Å². The van der Waals surface area contributed by atoms with Crippen molar-refractivity contribution < 1.29 is 24.9 Å². The van der Waals surface area contributed by atoms with E-state index < -0.39 is 23.3 Å². The molecule has 0 atom stereocenters. The maximum atomic E-state index is 10.2. The van der Waals surface area contributed by atoms with Gasteiger partial charge in [0.25, 0.3) is 0 Å². The fourth-order valence-corrected chi connectivity index (χ4v) is 0.549. The summed E-state index contributed by atoms with van der Waals surface area (Å²) in [6.07, 6.45) is -0.0204. The number of aliphatic hydroxyl groups excluding tert-OH is 1. The molecule has 0 saturated carbocycles. The number of carboxylic acids is 2. The van der Waals surface area contributed by atoms with Crippen LogP contribution in [0.25, 0.3) is 0 Å². The van der Waals surface area contributed by atoms with Crippen LogP contribution in [0, 0.1) is 0 Å².